The van der Waals surface area contributed by atoms with Crippen LogP contribution in [0.1, 0.15) is 116 Å². The minimum Gasteiger partial charge on any atom is -0.334 e. The predicted octanol–water partition coefficient (Wildman–Crippen LogP) is 22.4. The largest absolute Gasteiger partial charge is 0.334 e. The molecule has 4 heterocycles. The molecule has 0 amide bonds. The molecule has 6 unspecified atom stereocenters. The molecule has 8 aliphatic rings. The zero-order chi connectivity index (χ0) is 63.7. The van der Waals surface area contributed by atoms with E-state index in [1.165, 1.54) is 191 Å². The number of aromatic nitrogens is 2. The minimum absolute atomic E-state index is 0.0541. The zero-order valence-corrected chi connectivity index (χ0v) is 55.7. The van der Waals surface area contributed by atoms with Crippen molar-refractivity contribution in [1.82, 2.24) is 9.13 Å². The van der Waals surface area contributed by atoms with Crippen LogP contribution in [0.15, 0.2) is 271 Å². The van der Waals surface area contributed by atoms with E-state index in [9.17, 15) is 0 Å². The molecule has 0 N–H and O–H groups in total. The Morgan fingerprint density at radius 1 is 0.340 bits per heavy atom. The van der Waals surface area contributed by atoms with Gasteiger partial charge in [0.1, 0.15) is 0 Å². The van der Waals surface area contributed by atoms with Crippen molar-refractivity contribution in [3.05, 3.63) is 271 Å². The van der Waals surface area contributed by atoms with Crippen LogP contribution in [0.4, 0.5) is 22.7 Å². The third-order valence-electron chi connectivity index (χ3n) is 24.7. The Morgan fingerprint density at radius 2 is 0.814 bits per heavy atom. The molecule has 4 nitrogen and oxygen atoms in total. The third kappa shape index (κ3) is 9.22. The van der Waals surface area contributed by atoms with Crippen molar-refractivity contribution in [3.8, 4) is 22.5 Å². The summed E-state index contributed by atoms with van der Waals surface area (Å²) in [6.07, 6.45) is 42.3. The van der Waals surface area contributed by atoms with Gasteiger partial charge >= 0.3 is 0 Å². The standard InChI is InChI=1S/C92H83BN4/c1-6-26-60(27-7-1)67-56-86-90-87(57-67)97(92-74(63-32-12-4-13-33-63)44-25-45-75(92)64-34-14-5-15-35-64)85-59-69(95-81-47-23-21-41-77(81)89-71-39-19-17-37-66(71)49-55-83(89)95)51-53-79(85)93(90)78-52-50-68(94-80-46-22-20-40-76(80)88-70-38-18-16-36-65(70)48-54-82(88)94)58-84(78)96(86)91-72(61-28-8-2-9-29-61)42-24-43-73(91)62-30-10-3-11-31-62/h1-2,4,6-8,12,16-23,26-27,30,34,36-42,44,46-59,61,63,73,75,91-92H,3,5,9-11,13-15,24-25,28-29,31-33,35,43,45H2. The van der Waals surface area contributed by atoms with Crippen LogP contribution in [0, 0.1) is 23.7 Å². The van der Waals surface area contributed by atoms with Crippen molar-refractivity contribution in [1.29, 1.82) is 0 Å². The normalized spacial score (nSPS) is 22.4. The lowest BCUT2D eigenvalue weighted by Gasteiger charge is -2.53. The van der Waals surface area contributed by atoms with Gasteiger partial charge in [-0.25, -0.2) is 0 Å². The van der Waals surface area contributed by atoms with Gasteiger partial charge in [0.25, 0.3) is 6.71 Å². The Labute approximate surface area is 571 Å². The molecule has 12 aromatic rings. The second-order valence-corrected chi connectivity index (χ2v) is 29.7. The predicted molar refractivity (Wildman–Crippen MR) is 413 cm³/mol. The molecule has 0 spiro atoms. The van der Waals surface area contributed by atoms with Crippen LogP contribution >= 0.6 is 0 Å². The van der Waals surface area contributed by atoms with Gasteiger partial charge < -0.3 is 18.9 Å². The highest BCUT2D eigenvalue weighted by Crippen LogP contribution is 2.54. The molecule has 20 rings (SSSR count). The van der Waals surface area contributed by atoms with Gasteiger partial charge in [-0.2, -0.15) is 0 Å². The molecule has 0 bridgehead atoms. The summed E-state index contributed by atoms with van der Waals surface area (Å²) in [6, 6.07) is 79.0. The maximum absolute atomic E-state index is 3.05. The molecular weight excluding hydrogens is 1170 g/mol. The molecule has 0 saturated carbocycles. The highest BCUT2D eigenvalue weighted by molar-refractivity contribution is 7.00. The van der Waals surface area contributed by atoms with Crippen molar-refractivity contribution in [2.24, 2.45) is 23.7 Å². The summed E-state index contributed by atoms with van der Waals surface area (Å²) >= 11 is 0. The summed E-state index contributed by atoms with van der Waals surface area (Å²) in [4.78, 5) is 6.11. The van der Waals surface area contributed by atoms with Crippen molar-refractivity contribution < 1.29 is 0 Å². The van der Waals surface area contributed by atoms with Gasteiger partial charge in [-0.3, -0.25) is 0 Å². The molecule has 2 aromatic heterocycles. The minimum atomic E-state index is -0.0541. The maximum Gasteiger partial charge on any atom is 0.252 e. The van der Waals surface area contributed by atoms with E-state index < -0.39 is 0 Å². The highest BCUT2D eigenvalue weighted by Gasteiger charge is 2.51. The number of allylic oxidation sites excluding steroid dienone is 8. The molecule has 5 heteroatoms. The Morgan fingerprint density at radius 3 is 1.29 bits per heavy atom. The van der Waals surface area contributed by atoms with Crippen LogP contribution in [-0.4, -0.2) is 27.9 Å². The summed E-state index contributed by atoms with van der Waals surface area (Å²) in [6.45, 7) is -0.0541. The van der Waals surface area contributed by atoms with E-state index in [2.05, 4.69) is 268 Å². The highest BCUT2D eigenvalue weighted by atomic mass is 15.2. The van der Waals surface area contributed by atoms with E-state index in [1.807, 2.05) is 0 Å². The van der Waals surface area contributed by atoms with Gasteiger partial charge in [-0.1, -0.05) is 199 Å². The molecule has 6 atom stereocenters. The Bertz CT molecular complexity index is 5080. The fraction of sp³-hybridized carbons (Fsp3) is 0.261. The van der Waals surface area contributed by atoms with Gasteiger partial charge in [-0.05, 0) is 248 Å². The van der Waals surface area contributed by atoms with Gasteiger partial charge in [-0.15, -0.1) is 0 Å². The van der Waals surface area contributed by atoms with Crippen LogP contribution in [0.3, 0.4) is 0 Å². The van der Waals surface area contributed by atoms with Crippen LogP contribution in [0.5, 0.6) is 0 Å². The van der Waals surface area contributed by atoms with Crippen LogP contribution in [0.25, 0.3) is 87.7 Å². The van der Waals surface area contributed by atoms with Gasteiger partial charge in [0.15, 0.2) is 0 Å². The lowest BCUT2D eigenvalue weighted by molar-refractivity contribution is 0.391. The first kappa shape index (κ1) is 57.7. The van der Waals surface area contributed by atoms with E-state index in [0.717, 1.165) is 51.4 Å². The second kappa shape index (κ2) is 23.6. The first-order valence-electron chi connectivity index (χ1n) is 37.2. The van der Waals surface area contributed by atoms with Crippen molar-refractivity contribution in [2.75, 3.05) is 9.80 Å². The lowest BCUT2D eigenvalue weighted by Crippen LogP contribution is -2.65. The Hall–Kier alpha value is -9.58. The summed E-state index contributed by atoms with van der Waals surface area (Å²) in [5, 5.41) is 10.4. The first-order chi connectivity index (χ1) is 48.2. The summed E-state index contributed by atoms with van der Waals surface area (Å²) in [5.41, 5.74) is 26.6. The SMILES string of the molecule is C1=CCC(C2=CCCC(C3=CCCCC3)C2N2c3cc(-n4c5ccccc5c5c6ccccc6ccc54)ccc3B3c4ccc(-n5c6ccccc6c6c7ccccc7ccc65)cc4N(C4C(C5CC=CCC5)=CCCC4C4=CCCCC4)c4cc(-c5ccccc5)cc2c43)CC1. The Balaban J connectivity index is 0.914. The monoisotopic (exact) mass is 1250 g/mol. The number of fused-ring (bicyclic) bond motifs is 14. The molecule has 10 aromatic carbocycles. The number of hydrogen-bond donors (Lipinski definition) is 0. The van der Waals surface area contributed by atoms with Crippen LogP contribution in [-0.2, 0) is 0 Å². The van der Waals surface area contributed by atoms with E-state index in [0.29, 0.717) is 23.7 Å². The quantitative estimate of drug-likeness (QED) is 0.106. The molecule has 0 saturated heterocycles. The average molecular weight is 1260 g/mol. The first-order valence-corrected chi connectivity index (χ1v) is 37.2. The topological polar surface area (TPSA) is 16.3 Å². The summed E-state index contributed by atoms with van der Waals surface area (Å²) < 4.78 is 5.24. The van der Waals surface area contributed by atoms with Crippen LogP contribution in [0.2, 0.25) is 0 Å². The molecular formula is C92H83BN4. The fourth-order valence-electron chi connectivity index (χ4n) is 20.5. The molecule has 6 aliphatic carbocycles. The Kier molecular flexibility index (Phi) is 14.0. The number of hydrogen-bond acceptors (Lipinski definition) is 2. The lowest BCUT2D eigenvalue weighted by atomic mass is 9.33. The third-order valence-corrected chi connectivity index (χ3v) is 24.7. The number of benzene rings is 10. The molecule has 0 fully saturated rings. The number of rotatable bonds is 9. The van der Waals surface area contributed by atoms with E-state index in [-0.39, 0.29) is 18.8 Å². The summed E-state index contributed by atoms with van der Waals surface area (Å²) in [7, 11) is 0. The smallest absolute Gasteiger partial charge is 0.252 e. The maximum atomic E-state index is 3.05. The molecule has 474 valence electrons. The average Bonchev–Trinajstić information content (AvgIpc) is 1.29. The van der Waals surface area contributed by atoms with E-state index in [4.69, 9.17) is 0 Å². The molecule has 0 radical (unpaired) electrons. The molecule has 2 aliphatic heterocycles. The van der Waals surface area contributed by atoms with Gasteiger partial charge in [0.2, 0.25) is 0 Å². The van der Waals surface area contributed by atoms with Crippen molar-refractivity contribution in [2.45, 2.75) is 128 Å². The van der Waals surface area contributed by atoms with Gasteiger partial charge in [0, 0.05) is 67.5 Å². The fourth-order valence-corrected chi connectivity index (χ4v) is 20.5. The molecule has 97 heavy (non-hydrogen) atoms. The van der Waals surface area contributed by atoms with Crippen LogP contribution < -0.4 is 26.2 Å². The van der Waals surface area contributed by atoms with E-state index in [1.54, 1.807) is 22.3 Å². The summed E-state index contributed by atoms with van der Waals surface area (Å²) in [5.74, 6) is 1.71. The van der Waals surface area contributed by atoms with Crippen molar-refractivity contribution >= 4 is 111 Å². The van der Waals surface area contributed by atoms with Gasteiger partial charge in [0.05, 0.1) is 34.2 Å². The number of nitrogens with zero attached hydrogens (tertiary/aromatic N) is 4. The zero-order valence-electron chi connectivity index (χ0n) is 55.7. The van der Waals surface area contributed by atoms with E-state index >= 15 is 0 Å². The second-order valence-electron chi connectivity index (χ2n) is 29.7. The number of para-hydroxylation sites is 2. The number of anilines is 4. The van der Waals surface area contributed by atoms with Crippen molar-refractivity contribution in [3.63, 3.8) is 0 Å².